The Morgan fingerprint density at radius 3 is 2.11 bits per heavy atom. The fraction of sp³-hybridized carbons (Fsp3) is 0.750. The third kappa shape index (κ3) is 3.21. The zero-order chi connectivity index (χ0) is 13.9. The number of carbonyl (C=O) groups is 3. The van der Waals surface area contributed by atoms with Crippen LogP contribution in [0.25, 0.3) is 0 Å². The second-order valence-corrected chi connectivity index (χ2v) is 4.89. The molecule has 1 N–H and O–H groups in total. The molecule has 18 heavy (non-hydrogen) atoms. The van der Waals surface area contributed by atoms with Gasteiger partial charge in [-0.05, 0) is 19.8 Å². The molecule has 6 heteroatoms. The van der Waals surface area contributed by atoms with E-state index in [0.717, 1.165) is 0 Å². The summed E-state index contributed by atoms with van der Waals surface area (Å²) in [4.78, 5) is 37.4. The van der Waals surface area contributed by atoms with Crippen molar-refractivity contribution in [2.75, 3.05) is 27.2 Å². The van der Waals surface area contributed by atoms with Crippen LogP contribution in [0.2, 0.25) is 0 Å². The Bertz CT molecular complexity index is 346. The maximum atomic E-state index is 11.8. The van der Waals surface area contributed by atoms with Crippen LogP contribution in [0.15, 0.2) is 0 Å². The molecule has 6 nitrogen and oxygen atoms in total. The number of aliphatic carboxylic acids is 1. The Balaban J connectivity index is 2.52. The first kappa shape index (κ1) is 14.5. The van der Waals surface area contributed by atoms with Crippen LogP contribution in [0, 0.1) is 11.8 Å². The molecule has 0 aromatic heterocycles. The monoisotopic (exact) mass is 256 g/mol. The Kier molecular flexibility index (Phi) is 4.69. The molecule has 0 saturated carbocycles. The van der Waals surface area contributed by atoms with E-state index in [4.69, 9.17) is 5.11 Å². The largest absolute Gasteiger partial charge is 0.481 e. The summed E-state index contributed by atoms with van der Waals surface area (Å²) >= 11 is 0. The molecule has 2 amide bonds. The maximum absolute atomic E-state index is 11.8. The molecule has 0 aromatic carbocycles. The van der Waals surface area contributed by atoms with Crippen LogP contribution in [0.1, 0.15) is 19.8 Å². The number of hydrogen-bond donors (Lipinski definition) is 1. The molecule has 1 rings (SSSR count). The van der Waals surface area contributed by atoms with Crippen LogP contribution in [0.5, 0.6) is 0 Å². The summed E-state index contributed by atoms with van der Waals surface area (Å²) in [6.07, 6.45) is 1.21. The Morgan fingerprint density at radius 2 is 1.72 bits per heavy atom. The van der Waals surface area contributed by atoms with Gasteiger partial charge in [0.2, 0.25) is 11.8 Å². The van der Waals surface area contributed by atoms with Gasteiger partial charge in [0.25, 0.3) is 0 Å². The molecule has 1 fully saturated rings. The average molecular weight is 256 g/mol. The van der Waals surface area contributed by atoms with E-state index in [2.05, 4.69) is 0 Å². The minimum absolute atomic E-state index is 0.0517. The summed E-state index contributed by atoms with van der Waals surface area (Å²) in [5.41, 5.74) is 0. The number of piperidine rings is 1. The quantitative estimate of drug-likeness (QED) is 0.723. The number of carboxylic acid groups (broad SMARTS) is 1. The zero-order valence-corrected chi connectivity index (χ0v) is 11.0. The van der Waals surface area contributed by atoms with Crippen LogP contribution >= 0.6 is 0 Å². The van der Waals surface area contributed by atoms with Crippen LogP contribution in [0.4, 0.5) is 0 Å². The molecule has 0 radical (unpaired) electrons. The molecule has 0 aromatic rings. The van der Waals surface area contributed by atoms with Crippen LogP contribution in [-0.4, -0.2) is 59.9 Å². The third-order valence-corrected chi connectivity index (χ3v) is 3.34. The second kappa shape index (κ2) is 5.84. The van der Waals surface area contributed by atoms with Gasteiger partial charge >= 0.3 is 5.97 Å². The highest BCUT2D eigenvalue weighted by atomic mass is 16.4. The van der Waals surface area contributed by atoms with E-state index >= 15 is 0 Å². The van der Waals surface area contributed by atoms with Crippen molar-refractivity contribution in [3.05, 3.63) is 0 Å². The highest BCUT2D eigenvalue weighted by Gasteiger charge is 2.31. The van der Waals surface area contributed by atoms with Crippen molar-refractivity contribution in [2.24, 2.45) is 11.8 Å². The average Bonchev–Trinajstić information content (AvgIpc) is 2.36. The first-order chi connectivity index (χ1) is 8.34. The molecule has 1 saturated heterocycles. The van der Waals surface area contributed by atoms with Gasteiger partial charge in [-0.3, -0.25) is 14.4 Å². The van der Waals surface area contributed by atoms with E-state index in [1.54, 1.807) is 19.0 Å². The topological polar surface area (TPSA) is 77.9 Å². The summed E-state index contributed by atoms with van der Waals surface area (Å²) in [7, 11) is 3.43. The minimum Gasteiger partial charge on any atom is -0.481 e. The molecular formula is C12H20N2O4. The number of rotatable bonds is 3. The summed E-state index contributed by atoms with van der Waals surface area (Å²) in [5, 5.41) is 8.79. The van der Waals surface area contributed by atoms with Gasteiger partial charge in [-0.15, -0.1) is 0 Å². The van der Waals surface area contributed by atoms with Crippen molar-refractivity contribution in [3.63, 3.8) is 0 Å². The second-order valence-electron chi connectivity index (χ2n) is 4.89. The molecule has 1 atom stereocenters. The molecule has 1 aliphatic heterocycles. The molecular weight excluding hydrogens is 236 g/mol. The molecule has 1 heterocycles. The summed E-state index contributed by atoms with van der Waals surface area (Å²) in [6.45, 7) is 2.31. The van der Waals surface area contributed by atoms with Crippen LogP contribution in [-0.2, 0) is 14.4 Å². The standard InChI is InChI=1S/C12H20N2O4/c1-8(12(17)18)10(15)14-6-4-9(5-7-14)11(16)13(2)3/h8-9H,4-7H2,1-3H3,(H,17,18). The zero-order valence-electron chi connectivity index (χ0n) is 11.0. The van der Waals surface area contributed by atoms with Gasteiger partial charge < -0.3 is 14.9 Å². The normalized spacial score (nSPS) is 18.3. The lowest BCUT2D eigenvalue weighted by atomic mass is 9.94. The number of nitrogens with zero attached hydrogens (tertiary/aromatic N) is 2. The number of likely N-dealkylation sites (tertiary alicyclic amines) is 1. The summed E-state index contributed by atoms with van der Waals surface area (Å²) in [5.74, 6) is -2.45. The van der Waals surface area contributed by atoms with E-state index in [1.807, 2.05) is 0 Å². The lowest BCUT2D eigenvalue weighted by Gasteiger charge is -2.33. The Hall–Kier alpha value is -1.59. The number of amides is 2. The highest BCUT2D eigenvalue weighted by Crippen LogP contribution is 2.20. The predicted molar refractivity (Wildman–Crippen MR) is 64.8 cm³/mol. The van der Waals surface area contributed by atoms with Crippen molar-refractivity contribution < 1.29 is 19.5 Å². The van der Waals surface area contributed by atoms with E-state index < -0.39 is 11.9 Å². The van der Waals surface area contributed by atoms with Gasteiger partial charge in [0.15, 0.2) is 0 Å². The molecule has 0 spiro atoms. The smallest absolute Gasteiger partial charge is 0.315 e. The van der Waals surface area contributed by atoms with E-state index in [1.165, 1.54) is 11.8 Å². The van der Waals surface area contributed by atoms with Gasteiger partial charge in [-0.2, -0.15) is 0 Å². The molecule has 1 unspecified atom stereocenters. The van der Waals surface area contributed by atoms with Crippen molar-refractivity contribution in [1.29, 1.82) is 0 Å². The minimum atomic E-state index is -1.11. The molecule has 1 aliphatic rings. The first-order valence-corrected chi connectivity index (χ1v) is 6.07. The molecule has 0 bridgehead atoms. The van der Waals surface area contributed by atoms with E-state index in [9.17, 15) is 14.4 Å². The van der Waals surface area contributed by atoms with Gasteiger partial charge in [0.1, 0.15) is 5.92 Å². The van der Waals surface area contributed by atoms with E-state index in [-0.39, 0.29) is 17.7 Å². The fourth-order valence-electron chi connectivity index (χ4n) is 2.09. The molecule has 102 valence electrons. The lowest BCUT2D eigenvalue weighted by Crippen LogP contribution is -2.45. The number of carboxylic acids is 1. The highest BCUT2D eigenvalue weighted by molar-refractivity contribution is 5.96. The first-order valence-electron chi connectivity index (χ1n) is 6.07. The lowest BCUT2D eigenvalue weighted by molar-refractivity contribution is -0.152. The number of carbonyl (C=O) groups excluding carboxylic acids is 2. The van der Waals surface area contributed by atoms with E-state index in [0.29, 0.717) is 25.9 Å². The maximum Gasteiger partial charge on any atom is 0.315 e. The van der Waals surface area contributed by atoms with Crippen molar-refractivity contribution in [1.82, 2.24) is 9.80 Å². The van der Waals surface area contributed by atoms with Gasteiger partial charge in [0.05, 0.1) is 0 Å². The Morgan fingerprint density at radius 1 is 1.22 bits per heavy atom. The number of hydrogen-bond acceptors (Lipinski definition) is 3. The van der Waals surface area contributed by atoms with Gasteiger partial charge in [0, 0.05) is 33.1 Å². The SMILES string of the molecule is CC(C(=O)O)C(=O)N1CCC(C(=O)N(C)C)CC1. The molecule has 0 aliphatic carbocycles. The van der Waals surface area contributed by atoms with Gasteiger partial charge in [-0.25, -0.2) is 0 Å². The third-order valence-electron chi connectivity index (χ3n) is 3.34. The van der Waals surface area contributed by atoms with Crippen LogP contribution in [0.3, 0.4) is 0 Å². The van der Waals surface area contributed by atoms with Crippen LogP contribution < -0.4 is 0 Å². The van der Waals surface area contributed by atoms with Crippen molar-refractivity contribution >= 4 is 17.8 Å². The van der Waals surface area contributed by atoms with Crippen molar-refractivity contribution in [3.8, 4) is 0 Å². The van der Waals surface area contributed by atoms with Crippen molar-refractivity contribution in [2.45, 2.75) is 19.8 Å². The summed E-state index contributed by atoms with van der Waals surface area (Å²) < 4.78 is 0. The Labute approximate surface area is 107 Å². The predicted octanol–water partition coefficient (Wildman–Crippen LogP) is 0.0339. The fourth-order valence-corrected chi connectivity index (χ4v) is 2.09. The van der Waals surface area contributed by atoms with Gasteiger partial charge in [-0.1, -0.05) is 0 Å². The summed E-state index contributed by atoms with van der Waals surface area (Å²) in [6, 6.07) is 0.